The Bertz CT molecular complexity index is 147. The monoisotopic (exact) mass is 172 g/mol. The molecule has 0 amide bonds. The first-order valence-electron chi connectivity index (χ1n) is 2.53. The van der Waals surface area contributed by atoms with Gasteiger partial charge in [0.05, 0.1) is 0 Å². The number of halogens is 3. The highest BCUT2D eigenvalue weighted by Crippen LogP contribution is 2.10. The lowest BCUT2D eigenvalue weighted by Crippen LogP contribution is -1.81. The fraction of sp³-hybridized carbons (Fsp3) is 0.400. The van der Waals surface area contributed by atoms with Crippen molar-refractivity contribution in [2.24, 2.45) is 0 Å². The zero-order chi connectivity index (χ0) is 9.44. The van der Waals surface area contributed by atoms with Crippen molar-refractivity contribution in [3.63, 3.8) is 0 Å². The van der Waals surface area contributed by atoms with E-state index in [9.17, 15) is 13.2 Å². The topological polar surface area (TPSA) is 57.5 Å². The minimum Gasteiger partial charge on any atom is -0.450 e. The Morgan fingerprint density at radius 1 is 1.27 bits per heavy atom. The summed E-state index contributed by atoms with van der Waals surface area (Å²) in [5, 5.41) is 13.9. The molecule has 0 rings (SSSR count). The molecule has 66 valence electrons. The maximum Gasteiger partial charge on any atom is 0.503 e. The molecule has 0 radical (unpaired) electrons. The van der Waals surface area contributed by atoms with Gasteiger partial charge in [0.1, 0.15) is 0 Å². The quantitative estimate of drug-likeness (QED) is 0.639. The Morgan fingerprint density at radius 3 is 1.55 bits per heavy atom. The second-order valence-corrected chi connectivity index (χ2v) is 1.30. The Kier molecular flexibility index (Phi) is 7.84. The highest BCUT2D eigenvalue weighted by atomic mass is 19.3. The summed E-state index contributed by atoms with van der Waals surface area (Å²) in [6.07, 6.45) is -4.26. The summed E-state index contributed by atoms with van der Waals surface area (Å²) in [4.78, 5) is 8.56. The third-order valence-corrected chi connectivity index (χ3v) is 0.515. The summed E-state index contributed by atoms with van der Waals surface area (Å²) >= 11 is 0. The summed E-state index contributed by atoms with van der Waals surface area (Å²) in [7, 11) is 0. The van der Waals surface area contributed by atoms with Crippen LogP contribution < -0.4 is 0 Å². The molecule has 0 aliphatic carbocycles. The molecule has 0 bridgehead atoms. The van der Waals surface area contributed by atoms with Crippen LogP contribution in [0.1, 0.15) is 13.3 Å². The molecule has 0 saturated heterocycles. The van der Waals surface area contributed by atoms with Crippen molar-refractivity contribution in [2.45, 2.75) is 13.3 Å². The van der Waals surface area contributed by atoms with E-state index in [1.807, 2.05) is 0 Å². The van der Waals surface area contributed by atoms with Crippen molar-refractivity contribution < 1.29 is 28.2 Å². The molecule has 0 atom stereocenters. The van der Waals surface area contributed by atoms with Gasteiger partial charge in [-0.2, -0.15) is 8.78 Å². The van der Waals surface area contributed by atoms with Crippen molar-refractivity contribution in [1.29, 1.82) is 0 Å². The molecule has 0 aliphatic heterocycles. The lowest BCUT2D eigenvalue weighted by Gasteiger charge is -1.81. The van der Waals surface area contributed by atoms with E-state index in [1.54, 1.807) is 0 Å². The van der Waals surface area contributed by atoms with Crippen LogP contribution in [0.3, 0.4) is 0 Å². The molecular formula is C5H7F3O3. The third-order valence-electron chi connectivity index (χ3n) is 0.515. The first kappa shape index (κ1) is 12.5. The van der Waals surface area contributed by atoms with Gasteiger partial charge in [0, 0.05) is 6.42 Å². The van der Waals surface area contributed by atoms with Gasteiger partial charge >= 0.3 is 12.2 Å². The van der Waals surface area contributed by atoms with E-state index >= 15 is 0 Å². The van der Waals surface area contributed by atoms with E-state index in [2.05, 4.69) is 0 Å². The number of rotatable bonds is 1. The smallest absolute Gasteiger partial charge is 0.450 e. The van der Waals surface area contributed by atoms with Crippen molar-refractivity contribution in [2.75, 3.05) is 0 Å². The van der Waals surface area contributed by atoms with Crippen LogP contribution in [0.25, 0.3) is 0 Å². The molecule has 6 heteroatoms. The molecule has 0 aromatic heterocycles. The second kappa shape index (κ2) is 6.91. The van der Waals surface area contributed by atoms with Crippen molar-refractivity contribution in [3.05, 3.63) is 11.9 Å². The molecule has 0 unspecified atom stereocenters. The normalized spacial score (nSPS) is 7.64. The minimum atomic E-state index is -2.21. The van der Waals surface area contributed by atoms with Gasteiger partial charge in [-0.05, 0) is 0 Å². The van der Waals surface area contributed by atoms with Crippen molar-refractivity contribution >= 4 is 6.16 Å². The summed E-state index contributed by atoms with van der Waals surface area (Å²) < 4.78 is 33.3. The van der Waals surface area contributed by atoms with Gasteiger partial charge in [-0.25, -0.2) is 9.18 Å². The Balaban J connectivity index is 0. The van der Waals surface area contributed by atoms with Gasteiger partial charge in [-0.3, -0.25) is 0 Å². The minimum absolute atomic E-state index is 0.220. The van der Waals surface area contributed by atoms with Crippen LogP contribution in [0.2, 0.25) is 0 Å². The van der Waals surface area contributed by atoms with Gasteiger partial charge in [0.15, 0.2) is 5.83 Å². The Morgan fingerprint density at radius 2 is 1.55 bits per heavy atom. The lowest BCUT2D eigenvalue weighted by atomic mass is 10.4. The SMILES string of the molecule is CCC(F)=C(F)F.O=C(O)O. The van der Waals surface area contributed by atoms with Crippen LogP contribution in [0, 0.1) is 0 Å². The van der Waals surface area contributed by atoms with Crippen LogP contribution in [0.4, 0.5) is 18.0 Å². The number of hydrogen-bond donors (Lipinski definition) is 2. The Labute approximate surface area is 60.8 Å². The molecule has 2 N–H and O–H groups in total. The molecule has 0 aliphatic rings. The van der Waals surface area contributed by atoms with Gasteiger partial charge in [-0.1, -0.05) is 6.92 Å². The predicted molar refractivity (Wildman–Crippen MR) is 31.3 cm³/mol. The lowest BCUT2D eigenvalue weighted by molar-refractivity contribution is 0.137. The molecule has 0 saturated carbocycles. The van der Waals surface area contributed by atoms with Gasteiger partial charge < -0.3 is 10.2 Å². The number of hydrogen-bond acceptors (Lipinski definition) is 1. The maximum absolute atomic E-state index is 11.4. The van der Waals surface area contributed by atoms with Gasteiger partial charge in [0.2, 0.25) is 0 Å². The number of allylic oxidation sites excluding steroid dienone is 1. The van der Waals surface area contributed by atoms with E-state index in [1.165, 1.54) is 6.92 Å². The maximum atomic E-state index is 11.4. The fourth-order valence-electron chi connectivity index (χ4n) is 0.134. The number of carbonyl (C=O) groups is 1. The van der Waals surface area contributed by atoms with E-state index in [4.69, 9.17) is 15.0 Å². The predicted octanol–water partition coefficient (Wildman–Crippen LogP) is 2.70. The highest BCUT2D eigenvalue weighted by molar-refractivity contribution is 5.53. The first-order valence-corrected chi connectivity index (χ1v) is 2.53. The Hall–Kier alpha value is -1.20. The highest BCUT2D eigenvalue weighted by Gasteiger charge is 1.98. The average molecular weight is 172 g/mol. The fourth-order valence-corrected chi connectivity index (χ4v) is 0.134. The van der Waals surface area contributed by atoms with Gasteiger partial charge in [-0.15, -0.1) is 0 Å². The molecular weight excluding hydrogens is 165 g/mol. The summed E-state index contributed by atoms with van der Waals surface area (Å²) in [5.74, 6) is -1.32. The molecule has 0 aromatic carbocycles. The summed E-state index contributed by atoms with van der Waals surface area (Å²) in [5.41, 5.74) is 0. The van der Waals surface area contributed by atoms with Crippen LogP contribution in [-0.4, -0.2) is 16.4 Å². The molecule has 0 aromatic rings. The summed E-state index contributed by atoms with van der Waals surface area (Å²) in [6, 6.07) is 0. The van der Waals surface area contributed by atoms with Crippen molar-refractivity contribution in [3.8, 4) is 0 Å². The second-order valence-electron chi connectivity index (χ2n) is 1.30. The molecule has 0 fully saturated rings. The van der Waals surface area contributed by atoms with Crippen LogP contribution in [0.5, 0.6) is 0 Å². The average Bonchev–Trinajstić information content (AvgIpc) is 1.85. The standard InChI is InChI=1S/C4H5F3.CH2O3/c1-2-3(5)4(6)7;2-1(3)4/h2H2,1H3;(H2,2,3,4). The van der Waals surface area contributed by atoms with Crippen LogP contribution in [-0.2, 0) is 0 Å². The van der Waals surface area contributed by atoms with Crippen molar-refractivity contribution in [1.82, 2.24) is 0 Å². The zero-order valence-corrected chi connectivity index (χ0v) is 5.64. The van der Waals surface area contributed by atoms with E-state index in [0.717, 1.165) is 0 Å². The molecule has 11 heavy (non-hydrogen) atoms. The molecule has 3 nitrogen and oxygen atoms in total. The summed E-state index contributed by atoms with van der Waals surface area (Å²) in [6.45, 7) is 1.33. The largest absolute Gasteiger partial charge is 0.503 e. The van der Waals surface area contributed by atoms with E-state index in [-0.39, 0.29) is 6.42 Å². The number of carboxylic acid groups (broad SMARTS) is 2. The first-order chi connectivity index (χ1) is 4.91. The van der Waals surface area contributed by atoms with E-state index in [0.29, 0.717) is 0 Å². The van der Waals surface area contributed by atoms with Crippen LogP contribution in [0.15, 0.2) is 11.9 Å². The molecule has 0 spiro atoms. The van der Waals surface area contributed by atoms with Crippen LogP contribution >= 0.6 is 0 Å². The molecule has 0 heterocycles. The third kappa shape index (κ3) is 17.7. The van der Waals surface area contributed by atoms with Gasteiger partial charge in [0.25, 0.3) is 0 Å². The zero-order valence-electron chi connectivity index (χ0n) is 5.64. The van der Waals surface area contributed by atoms with E-state index < -0.39 is 18.1 Å².